The van der Waals surface area contributed by atoms with Crippen LogP contribution in [-0.4, -0.2) is 11.8 Å². The number of halogens is 4. The average molecular weight is 359 g/mol. The monoisotopic (exact) mass is 358 g/mol. The Morgan fingerprint density at radius 1 is 0.913 bits per heavy atom. The second-order valence-electron chi connectivity index (χ2n) is 4.47. The lowest BCUT2D eigenvalue weighted by Crippen LogP contribution is -2.22. The normalized spacial score (nSPS) is 10.3. The number of carbonyl (C=O) groups is 2. The molecule has 0 unspecified atom stereocenters. The highest BCUT2D eigenvalue weighted by molar-refractivity contribution is 6.44. The molecule has 8 heteroatoms. The number of benzene rings is 2. The van der Waals surface area contributed by atoms with E-state index in [1.54, 1.807) is 6.07 Å². The van der Waals surface area contributed by atoms with Gasteiger partial charge in [0, 0.05) is 0 Å². The summed E-state index contributed by atoms with van der Waals surface area (Å²) in [7, 11) is 0. The first-order valence-electron chi connectivity index (χ1n) is 6.36. The van der Waals surface area contributed by atoms with Gasteiger partial charge in [-0.15, -0.1) is 0 Å². The van der Waals surface area contributed by atoms with Crippen LogP contribution >= 0.6 is 23.2 Å². The summed E-state index contributed by atoms with van der Waals surface area (Å²) in [4.78, 5) is 23.5. The lowest BCUT2D eigenvalue weighted by molar-refractivity contribution is -0.123. The van der Waals surface area contributed by atoms with Gasteiger partial charge in [-0.1, -0.05) is 35.3 Å². The molecule has 0 bridgehead atoms. The zero-order valence-electron chi connectivity index (χ0n) is 11.5. The minimum absolute atomic E-state index is 0.128. The Labute approximate surface area is 140 Å². The van der Waals surface area contributed by atoms with E-state index in [9.17, 15) is 18.4 Å². The van der Waals surface area contributed by atoms with Crippen LogP contribution in [0.15, 0.2) is 36.4 Å². The highest BCUT2D eigenvalue weighted by Crippen LogP contribution is 2.29. The van der Waals surface area contributed by atoms with Gasteiger partial charge in [-0.3, -0.25) is 9.59 Å². The SMILES string of the molecule is O=C(CC(=O)Nc1c(F)cccc1F)Nc1cccc(Cl)c1Cl. The summed E-state index contributed by atoms with van der Waals surface area (Å²) < 4.78 is 26.8. The first-order valence-corrected chi connectivity index (χ1v) is 7.12. The van der Waals surface area contributed by atoms with Crippen molar-refractivity contribution in [1.29, 1.82) is 0 Å². The smallest absolute Gasteiger partial charge is 0.233 e. The fourth-order valence-electron chi connectivity index (χ4n) is 1.74. The summed E-state index contributed by atoms with van der Waals surface area (Å²) in [5.41, 5.74) is -0.375. The van der Waals surface area contributed by atoms with Crippen LogP contribution in [-0.2, 0) is 9.59 Å². The molecule has 0 radical (unpaired) electrons. The van der Waals surface area contributed by atoms with Gasteiger partial charge >= 0.3 is 0 Å². The first kappa shape index (κ1) is 17.2. The highest BCUT2D eigenvalue weighted by atomic mass is 35.5. The minimum Gasteiger partial charge on any atom is -0.324 e. The molecule has 0 saturated heterocycles. The van der Waals surface area contributed by atoms with E-state index in [2.05, 4.69) is 5.32 Å². The number of hydrogen-bond donors (Lipinski definition) is 2. The van der Waals surface area contributed by atoms with Crippen molar-refractivity contribution in [2.24, 2.45) is 0 Å². The Bertz CT molecular complexity index is 749. The Kier molecular flexibility index (Phi) is 5.52. The number of carbonyl (C=O) groups excluding carboxylic acids is 2. The zero-order valence-corrected chi connectivity index (χ0v) is 13.0. The Hall–Kier alpha value is -2.18. The molecule has 0 aromatic heterocycles. The standard InChI is InChI=1S/C15H10Cl2F2N2O2/c16-8-3-1-6-11(14(8)17)20-12(22)7-13(23)21-15-9(18)4-2-5-10(15)19/h1-6H,7H2,(H,20,22)(H,21,23). The van der Waals surface area contributed by atoms with E-state index in [-0.39, 0.29) is 15.7 Å². The first-order chi connectivity index (χ1) is 10.9. The van der Waals surface area contributed by atoms with Crippen molar-refractivity contribution in [2.45, 2.75) is 6.42 Å². The van der Waals surface area contributed by atoms with Gasteiger partial charge in [0.05, 0.1) is 15.7 Å². The van der Waals surface area contributed by atoms with Crippen LogP contribution in [0, 0.1) is 11.6 Å². The molecule has 0 aliphatic heterocycles. The van der Waals surface area contributed by atoms with Gasteiger partial charge in [0.15, 0.2) is 0 Å². The van der Waals surface area contributed by atoms with E-state index in [0.717, 1.165) is 18.2 Å². The molecular weight excluding hydrogens is 349 g/mol. The molecule has 2 rings (SSSR count). The van der Waals surface area contributed by atoms with Gasteiger partial charge in [0.2, 0.25) is 11.8 Å². The Balaban J connectivity index is 2.00. The third-order valence-electron chi connectivity index (χ3n) is 2.77. The van der Waals surface area contributed by atoms with Crippen LogP contribution in [0.3, 0.4) is 0 Å². The lowest BCUT2D eigenvalue weighted by atomic mass is 10.2. The summed E-state index contributed by atoms with van der Waals surface area (Å²) in [5.74, 6) is -3.44. The summed E-state index contributed by atoms with van der Waals surface area (Å²) in [5, 5.41) is 4.77. The van der Waals surface area contributed by atoms with Gasteiger partial charge in [-0.2, -0.15) is 0 Å². The number of rotatable bonds is 4. The van der Waals surface area contributed by atoms with Crippen LogP contribution in [0.4, 0.5) is 20.2 Å². The van der Waals surface area contributed by atoms with E-state index in [1.165, 1.54) is 12.1 Å². The molecular formula is C15H10Cl2F2N2O2. The maximum Gasteiger partial charge on any atom is 0.233 e. The Morgan fingerprint density at radius 2 is 1.48 bits per heavy atom. The molecule has 0 aliphatic carbocycles. The summed E-state index contributed by atoms with van der Waals surface area (Å²) in [6.45, 7) is 0. The third-order valence-corrected chi connectivity index (χ3v) is 3.59. The molecule has 0 aliphatic rings. The molecule has 2 aromatic carbocycles. The molecule has 2 N–H and O–H groups in total. The molecule has 2 aromatic rings. The molecule has 0 atom stereocenters. The van der Waals surface area contributed by atoms with E-state index in [4.69, 9.17) is 23.2 Å². The van der Waals surface area contributed by atoms with Crippen molar-refractivity contribution >= 4 is 46.4 Å². The van der Waals surface area contributed by atoms with Crippen LogP contribution in [0.5, 0.6) is 0 Å². The van der Waals surface area contributed by atoms with Crippen LogP contribution in [0.25, 0.3) is 0 Å². The third kappa shape index (κ3) is 4.40. The molecule has 0 heterocycles. The molecule has 4 nitrogen and oxygen atoms in total. The second kappa shape index (κ2) is 7.39. The maximum absolute atomic E-state index is 13.4. The number of amides is 2. The van der Waals surface area contributed by atoms with E-state index in [1.807, 2.05) is 5.32 Å². The largest absolute Gasteiger partial charge is 0.324 e. The van der Waals surface area contributed by atoms with Crippen LogP contribution in [0.2, 0.25) is 10.0 Å². The van der Waals surface area contributed by atoms with Gasteiger partial charge < -0.3 is 10.6 Å². The quantitative estimate of drug-likeness (QED) is 0.803. The Morgan fingerprint density at radius 3 is 2.13 bits per heavy atom. The van der Waals surface area contributed by atoms with E-state index < -0.39 is 35.6 Å². The number of para-hydroxylation sites is 1. The second-order valence-corrected chi connectivity index (χ2v) is 5.26. The van der Waals surface area contributed by atoms with Crippen LogP contribution < -0.4 is 10.6 Å². The van der Waals surface area contributed by atoms with Crippen LogP contribution in [0.1, 0.15) is 6.42 Å². The van der Waals surface area contributed by atoms with Gasteiger partial charge in [-0.05, 0) is 24.3 Å². The fourth-order valence-corrected chi connectivity index (χ4v) is 2.09. The van der Waals surface area contributed by atoms with Crippen molar-refractivity contribution in [3.8, 4) is 0 Å². The van der Waals surface area contributed by atoms with E-state index in [0.29, 0.717) is 0 Å². The summed E-state index contributed by atoms with van der Waals surface area (Å²) >= 11 is 11.7. The zero-order chi connectivity index (χ0) is 17.0. The summed E-state index contributed by atoms with van der Waals surface area (Å²) in [6, 6.07) is 7.75. The van der Waals surface area contributed by atoms with Crippen molar-refractivity contribution in [3.05, 3.63) is 58.1 Å². The van der Waals surface area contributed by atoms with Crippen molar-refractivity contribution in [3.63, 3.8) is 0 Å². The fraction of sp³-hybridized carbons (Fsp3) is 0.0667. The van der Waals surface area contributed by atoms with Gasteiger partial charge in [0.1, 0.15) is 23.7 Å². The minimum atomic E-state index is -0.934. The number of anilines is 2. The van der Waals surface area contributed by atoms with Crippen molar-refractivity contribution in [2.75, 3.05) is 10.6 Å². The lowest BCUT2D eigenvalue weighted by Gasteiger charge is -2.09. The number of hydrogen-bond acceptors (Lipinski definition) is 2. The highest BCUT2D eigenvalue weighted by Gasteiger charge is 2.16. The average Bonchev–Trinajstić information content (AvgIpc) is 2.48. The maximum atomic E-state index is 13.4. The molecule has 0 fully saturated rings. The van der Waals surface area contributed by atoms with Gasteiger partial charge in [0.25, 0.3) is 0 Å². The predicted octanol–water partition coefficient (Wildman–Crippen LogP) is 4.24. The topological polar surface area (TPSA) is 58.2 Å². The summed E-state index contributed by atoms with van der Waals surface area (Å²) in [6.07, 6.45) is -0.642. The molecule has 23 heavy (non-hydrogen) atoms. The van der Waals surface area contributed by atoms with Crippen molar-refractivity contribution in [1.82, 2.24) is 0 Å². The number of nitrogens with one attached hydrogen (secondary N) is 2. The predicted molar refractivity (Wildman–Crippen MR) is 84.7 cm³/mol. The molecule has 120 valence electrons. The van der Waals surface area contributed by atoms with Gasteiger partial charge in [-0.25, -0.2) is 8.78 Å². The molecule has 2 amide bonds. The van der Waals surface area contributed by atoms with E-state index >= 15 is 0 Å². The molecule has 0 spiro atoms. The molecule has 0 saturated carbocycles. The van der Waals surface area contributed by atoms with Crippen molar-refractivity contribution < 1.29 is 18.4 Å².